The summed E-state index contributed by atoms with van der Waals surface area (Å²) in [5.41, 5.74) is 0.577. The Kier molecular flexibility index (Phi) is 3.32. The van der Waals surface area contributed by atoms with Crippen LogP contribution >= 0.6 is 0 Å². The first-order valence-corrected chi connectivity index (χ1v) is 7.67. The van der Waals surface area contributed by atoms with Gasteiger partial charge in [0.25, 0.3) is 5.91 Å². The molecule has 1 amide bonds. The van der Waals surface area contributed by atoms with Crippen LogP contribution in [0.1, 0.15) is 10.4 Å². The fraction of sp³-hybridized carbons (Fsp3) is 0.0526. The summed E-state index contributed by atoms with van der Waals surface area (Å²) in [4.78, 5) is 24.8. The van der Waals surface area contributed by atoms with Crippen LogP contribution in [0.5, 0.6) is 5.75 Å². The number of fused-ring (bicyclic) bond motifs is 3. The van der Waals surface area contributed by atoms with Gasteiger partial charge in [0.05, 0.1) is 5.52 Å². The predicted octanol–water partition coefficient (Wildman–Crippen LogP) is 3.24. The van der Waals surface area contributed by atoms with Crippen LogP contribution < -0.4 is 10.9 Å². The summed E-state index contributed by atoms with van der Waals surface area (Å²) >= 11 is 0. The Labute approximate surface area is 141 Å². The van der Waals surface area contributed by atoms with E-state index in [0.29, 0.717) is 16.6 Å². The maximum Gasteiger partial charge on any atom is 0.353 e. The number of anilines is 1. The van der Waals surface area contributed by atoms with E-state index < -0.39 is 22.8 Å². The first kappa shape index (κ1) is 15.0. The van der Waals surface area contributed by atoms with Crippen molar-refractivity contribution in [3.63, 3.8) is 0 Å². The van der Waals surface area contributed by atoms with Crippen LogP contribution in [0.2, 0.25) is 0 Å². The zero-order valence-corrected chi connectivity index (χ0v) is 13.3. The molecule has 0 spiro atoms. The van der Waals surface area contributed by atoms with Crippen molar-refractivity contribution in [3.05, 3.63) is 70.6 Å². The van der Waals surface area contributed by atoms with E-state index in [9.17, 15) is 14.7 Å². The van der Waals surface area contributed by atoms with Crippen LogP contribution in [0.15, 0.2) is 63.8 Å². The molecule has 0 bridgehead atoms. The Morgan fingerprint density at radius 1 is 1.08 bits per heavy atom. The summed E-state index contributed by atoms with van der Waals surface area (Å²) in [5, 5.41) is 13.9. The zero-order chi connectivity index (χ0) is 17.6. The molecule has 0 aliphatic carbocycles. The highest BCUT2D eigenvalue weighted by Gasteiger charge is 2.24. The predicted molar refractivity (Wildman–Crippen MR) is 95.0 cm³/mol. The van der Waals surface area contributed by atoms with Gasteiger partial charge in [-0.05, 0) is 24.3 Å². The van der Waals surface area contributed by atoms with Crippen LogP contribution in [0.25, 0.3) is 22.0 Å². The van der Waals surface area contributed by atoms with Crippen LogP contribution in [0.3, 0.4) is 0 Å². The maximum absolute atomic E-state index is 12.5. The number of nitrogens with one attached hydrogen (secondary N) is 1. The Bertz CT molecular complexity index is 1170. The van der Waals surface area contributed by atoms with Crippen LogP contribution in [-0.4, -0.2) is 15.6 Å². The standard InChI is InChI=1S/C19H14N2O4/c1-21-13-10-6-5-9-12(13)17-15(21)16(22)14(19(24)25-17)18(23)20-11-7-3-2-4-8-11/h2-10,22H,1H3,(H,20,23). The molecule has 0 unspecified atom stereocenters. The molecule has 2 N–H and O–H groups in total. The Morgan fingerprint density at radius 3 is 2.52 bits per heavy atom. The van der Waals surface area contributed by atoms with Gasteiger partial charge in [-0.15, -0.1) is 0 Å². The Hall–Kier alpha value is -3.54. The third-order valence-electron chi connectivity index (χ3n) is 4.18. The lowest BCUT2D eigenvalue weighted by molar-refractivity contribution is 0.102. The number of aromatic nitrogens is 1. The second-order valence-corrected chi connectivity index (χ2v) is 5.69. The number of carbonyl (C=O) groups excluding carboxylic acids is 1. The molecule has 0 saturated carbocycles. The topological polar surface area (TPSA) is 84.5 Å². The molecule has 2 heterocycles. The molecule has 4 rings (SSSR count). The third kappa shape index (κ3) is 2.27. The number of rotatable bonds is 2. The number of carbonyl (C=O) groups is 1. The lowest BCUT2D eigenvalue weighted by atomic mass is 10.2. The summed E-state index contributed by atoms with van der Waals surface area (Å²) in [6.45, 7) is 0. The number of aryl methyl sites for hydroxylation is 1. The van der Waals surface area contributed by atoms with E-state index in [0.717, 1.165) is 5.52 Å². The average molecular weight is 334 g/mol. The molecule has 0 radical (unpaired) electrons. The molecule has 6 nitrogen and oxygen atoms in total. The summed E-state index contributed by atoms with van der Waals surface area (Å²) in [7, 11) is 1.74. The number of nitrogens with zero attached hydrogens (tertiary/aromatic N) is 1. The van der Waals surface area contributed by atoms with Gasteiger partial charge in [-0.2, -0.15) is 0 Å². The van der Waals surface area contributed by atoms with Crippen molar-refractivity contribution < 1.29 is 14.3 Å². The second-order valence-electron chi connectivity index (χ2n) is 5.69. The number of aromatic hydroxyl groups is 1. The van der Waals surface area contributed by atoms with E-state index >= 15 is 0 Å². The number of para-hydroxylation sites is 2. The van der Waals surface area contributed by atoms with E-state index in [4.69, 9.17) is 4.42 Å². The summed E-state index contributed by atoms with van der Waals surface area (Å²) in [5.74, 6) is -1.11. The molecule has 0 fully saturated rings. The smallest absolute Gasteiger partial charge is 0.353 e. The summed E-state index contributed by atoms with van der Waals surface area (Å²) < 4.78 is 7.07. The van der Waals surface area contributed by atoms with Crippen molar-refractivity contribution in [2.45, 2.75) is 0 Å². The molecule has 0 aliphatic heterocycles. The third-order valence-corrected chi connectivity index (χ3v) is 4.18. The SMILES string of the molecule is Cn1c2ccccc2c2oc(=O)c(C(=O)Nc3ccccc3)c(O)c21. The van der Waals surface area contributed by atoms with Gasteiger partial charge in [0.15, 0.2) is 16.9 Å². The minimum atomic E-state index is -0.880. The van der Waals surface area contributed by atoms with Gasteiger partial charge in [0.1, 0.15) is 5.52 Å². The molecule has 4 aromatic rings. The number of benzene rings is 2. The molecule has 2 aromatic heterocycles. The first-order valence-electron chi connectivity index (χ1n) is 7.67. The van der Waals surface area contributed by atoms with Crippen molar-refractivity contribution in [1.29, 1.82) is 0 Å². The monoisotopic (exact) mass is 334 g/mol. The lowest BCUT2D eigenvalue weighted by Crippen LogP contribution is -2.21. The average Bonchev–Trinajstić information content (AvgIpc) is 2.89. The fourth-order valence-corrected chi connectivity index (χ4v) is 3.00. The first-order chi connectivity index (χ1) is 12.1. The van der Waals surface area contributed by atoms with Crippen molar-refractivity contribution in [2.24, 2.45) is 7.05 Å². The quantitative estimate of drug-likeness (QED) is 0.589. The zero-order valence-electron chi connectivity index (χ0n) is 13.3. The van der Waals surface area contributed by atoms with Gasteiger partial charge in [-0.25, -0.2) is 4.79 Å². The van der Waals surface area contributed by atoms with E-state index in [1.165, 1.54) is 0 Å². The highest BCUT2D eigenvalue weighted by molar-refractivity contribution is 6.12. The normalized spacial score (nSPS) is 11.1. The van der Waals surface area contributed by atoms with Crippen molar-refractivity contribution >= 4 is 33.6 Å². The van der Waals surface area contributed by atoms with Gasteiger partial charge in [-0.1, -0.05) is 30.3 Å². The van der Waals surface area contributed by atoms with Crippen LogP contribution in [0, 0.1) is 0 Å². The van der Waals surface area contributed by atoms with Gasteiger partial charge in [0.2, 0.25) is 0 Å². The van der Waals surface area contributed by atoms with Gasteiger partial charge in [0, 0.05) is 18.1 Å². The molecule has 6 heteroatoms. The molecule has 0 saturated heterocycles. The lowest BCUT2D eigenvalue weighted by Gasteiger charge is -2.07. The molecular formula is C19H14N2O4. The maximum atomic E-state index is 12.5. The van der Waals surface area contributed by atoms with Gasteiger partial charge < -0.3 is 19.4 Å². The molecule has 0 atom stereocenters. The largest absolute Gasteiger partial charge is 0.505 e. The number of hydrogen-bond donors (Lipinski definition) is 2. The minimum absolute atomic E-state index is 0.261. The Morgan fingerprint density at radius 2 is 1.76 bits per heavy atom. The molecule has 124 valence electrons. The highest BCUT2D eigenvalue weighted by Crippen LogP contribution is 2.34. The molecular weight excluding hydrogens is 320 g/mol. The minimum Gasteiger partial charge on any atom is -0.505 e. The van der Waals surface area contributed by atoms with Crippen molar-refractivity contribution in [3.8, 4) is 5.75 Å². The summed E-state index contributed by atoms with van der Waals surface area (Å²) in [6.07, 6.45) is 0. The van der Waals surface area contributed by atoms with Gasteiger partial charge >= 0.3 is 5.63 Å². The highest BCUT2D eigenvalue weighted by atomic mass is 16.4. The van der Waals surface area contributed by atoms with Gasteiger partial charge in [-0.3, -0.25) is 4.79 Å². The molecule has 0 aliphatic rings. The van der Waals surface area contributed by atoms with E-state index in [1.807, 2.05) is 24.3 Å². The van der Waals surface area contributed by atoms with E-state index in [1.54, 1.807) is 41.9 Å². The molecule has 2 aromatic carbocycles. The summed E-state index contributed by atoms with van der Waals surface area (Å²) in [6, 6.07) is 16.0. The van der Waals surface area contributed by atoms with Crippen LogP contribution in [-0.2, 0) is 7.05 Å². The number of hydrogen-bond acceptors (Lipinski definition) is 4. The van der Waals surface area contributed by atoms with Crippen LogP contribution in [0.4, 0.5) is 5.69 Å². The van der Waals surface area contributed by atoms with E-state index in [-0.39, 0.29) is 5.58 Å². The second kappa shape index (κ2) is 5.52. The van der Waals surface area contributed by atoms with Crippen molar-refractivity contribution in [1.82, 2.24) is 4.57 Å². The molecule has 25 heavy (non-hydrogen) atoms. The number of amides is 1. The fourth-order valence-electron chi connectivity index (χ4n) is 3.00. The Balaban J connectivity index is 1.93. The van der Waals surface area contributed by atoms with Crippen molar-refractivity contribution in [2.75, 3.05) is 5.32 Å². The van der Waals surface area contributed by atoms with E-state index in [2.05, 4.69) is 5.32 Å².